The van der Waals surface area contributed by atoms with E-state index in [1.165, 1.54) is 11.1 Å². The van der Waals surface area contributed by atoms with Gasteiger partial charge < -0.3 is 19.7 Å². The van der Waals surface area contributed by atoms with E-state index in [-0.39, 0.29) is 29.5 Å². The van der Waals surface area contributed by atoms with Crippen molar-refractivity contribution in [2.24, 2.45) is 28.6 Å². The van der Waals surface area contributed by atoms with Crippen LogP contribution in [0.1, 0.15) is 92.9 Å². The standard InChI is InChI=1S/C29H46O5/c1-7-27(4,8-2)34-26(32)17-33-18(3)22-11-12-23-21-10-9-19-15-20(30)16-25(31)29(19,6)24(21)13-14-28(22,23)5/h9-10,18,20,22-25,30-31H,7-8,11-17H2,1-6H3/t18?,20-,22-,23+,24+,25+,28-,29+/m1/s1. The Labute approximate surface area is 206 Å². The van der Waals surface area contributed by atoms with E-state index in [1.54, 1.807) is 0 Å². The summed E-state index contributed by atoms with van der Waals surface area (Å²) in [6.45, 7) is 12.8. The second-order valence-electron chi connectivity index (χ2n) is 12.2. The normalized spacial score (nSPS) is 40.4. The van der Waals surface area contributed by atoms with Crippen LogP contribution in [0.15, 0.2) is 23.3 Å². The van der Waals surface area contributed by atoms with E-state index in [0.29, 0.717) is 30.6 Å². The van der Waals surface area contributed by atoms with E-state index in [9.17, 15) is 15.0 Å². The second-order valence-corrected chi connectivity index (χ2v) is 12.2. The van der Waals surface area contributed by atoms with Gasteiger partial charge in [-0.1, -0.05) is 51.0 Å². The van der Waals surface area contributed by atoms with E-state index >= 15 is 0 Å². The van der Waals surface area contributed by atoms with Gasteiger partial charge in [-0.15, -0.1) is 0 Å². The first-order valence-electron chi connectivity index (χ1n) is 13.6. The Bertz CT molecular complexity index is 841. The van der Waals surface area contributed by atoms with Crippen LogP contribution in [0, 0.1) is 28.6 Å². The minimum Gasteiger partial charge on any atom is -0.458 e. The third kappa shape index (κ3) is 4.20. The van der Waals surface area contributed by atoms with Crippen molar-refractivity contribution in [3.63, 3.8) is 0 Å². The highest BCUT2D eigenvalue weighted by Gasteiger charge is 2.59. The van der Waals surface area contributed by atoms with Crippen LogP contribution in [0.2, 0.25) is 0 Å². The molecule has 0 heterocycles. The van der Waals surface area contributed by atoms with Crippen LogP contribution in [0.5, 0.6) is 0 Å². The van der Waals surface area contributed by atoms with Crippen molar-refractivity contribution in [1.82, 2.24) is 0 Å². The minimum absolute atomic E-state index is 0.00472. The van der Waals surface area contributed by atoms with Crippen molar-refractivity contribution < 1.29 is 24.5 Å². The number of hydrogen-bond donors (Lipinski definition) is 2. The Hall–Kier alpha value is -1.17. The molecule has 3 saturated carbocycles. The predicted octanol–water partition coefficient (Wildman–Crippen LogP) is 5.34. The molecular formula is C29H46O5. The average molecular weight is 475 g/mol. The van der Waals surface area contributed by atoms with Gasteiger partial charge in [-0.05, 0) is 82.0 Å². The van der Waals surface area contributed by atoms with Gasteiger partial charge in [0.25, 0.3) is 0 Å². The van der Waals surface area contributed by atoms with E-state index in [4.69, 9.17) is 9.47 Å². The number of hydrogen-bond acceptors (Lipinski definition) is 5. The molecule has 4 aliphatic carbocycles. The summed E-state index contributed by atoms with van der Waals surface area (Å²) in [6.07, 6.45) is 10.7. The van der Waals surface area contributed by atoms with Gasteiger partial charge in [-0.25, -0.2) is 4.79 Å². The summed E-state index contributed by atoms with van der Waals surface area (Å²) in [6, 6.07) is 0. The summed E-state index contributed by atoms with van der Waals surface area (Å²) in [5, 5.41) is 21.3. The number of fused-ring (bicyclic) bond motifs is 5. The van der Waals surface area contributed by atoms with Crippen molar-refractivity contribution in [3.8, 4) is 0 Å². The summed E-state index contributed by atoms with van der Waals surface area (Å²) in [7, 11) is 0. The van der Waals surface area contributed by atoms with Crippen LogP contribution in [-0.4, -0.2) is 46.7 Å². The Kier molecular flexibility index (Phi) is 7.14. The van der Waals surface area contributed by atoms with Gasteiger partial charge in [-0.3, -0.25) is 0 Å². The number of rotatable bonds is 7. The lowest BCUT2D eigenvalue weighted by Gasteiger charge is -2.56. The lowest BCUT2D eigenvalue weighted by molar-refractivity contribution is -0.168. The summed E-state index contributed by atoms with van der Waals surface area (Å²) >= 11 is 0. The van der Waals surface area contributed by atoms with Crippen molar-refractivity contribution in [2.45, 2.75) is 117 Å². The lowest BCUT2D eigenvalue weighted by atomic mass is 9.49. The largest absolute Gasteiger partial charge is 0.458 e. The molecule has 5 heteroatoms. The number of allylic oxidation sites excluding steroid dienone is 3. The molecule has 0 aromatic carbocycles. The molecule has 5 nitrogen and oxygen atoms in total. The maximum absolute atomic E-state index is 12.5. The third-order valence-electron chi connectivity index (χ3n) is 10.6. The molecular weight excluding hydrogens is 428 g/mol. The van der Waals surface area contributed by atoms with Crippen molar-refractivity contribution in [3.05, 3.63) is 23.3 Å². The number of aliphatic hydroxyl groups excluding tert-OH is 2. The zero-order chi connectivity index (χ0) is 24.9. The molecule has 0 aromatic heterocycles. The number of ether oxygens (including phenoxy) is 2. The van der Waals surface area contributed by atoms with E-state index in [1.807, 2.05) is 20.8 Å². The number of carbonyl (C=O) groups is 1. The molecule has 4 aliphatic rings. The van der Waals surface area contributed by atoms with Crippen molar-refractivity contribution >= 4 is 5.97 Å². The van der Waals surface area contributed by atoms with Crippen LogP contribution in [0.25, 0.3) is 0 Å². The molecule has 34 heavy (non-hydrogen) atoms. The fraction of sp³-hybridized carbons (Fsp3) is 0.828. The number of esters is 1. The van der Waals surface area contributed by atoms with Crippen molar-refractivity contribution in [2.75, 3.05) is 6.61 Å². The smallest absolute Gasteiger partial charge is 0.332 e. The molecule has 0 aliphatic heterocycles. The Morgan fingerprint density at radius 1 is 1.15 bits per heavy atom. The van der Waals surface area contributed by atoms with Gasteiger partial charge in [-0.2, -0.15) is 0 Å². The molecule has 2 N–H and O–H groups in total. The summed E-state index contributed by atoms with van der Waals surface area (Å²) < 4.78 is 11.8. The molecule has 0 saturated heterocycles. The first kappa shape index (κ1) is 25.9. The van der Waals surface area contributed by atoms with Gasteiger partial charge in [0.15, 0.2) is 0 Å². The van der Waals surface area contributed by atoms with Gasteiger partial charge in [0.05, 0.1) is 18.3 Å². The Morgan fingerprint density at radius 3 is 2.53 bits per heavy atom. The maximum Gasteiger partial charge on any atom is 0.332 e. The summed E-state index contributed by atoms with van der Waals surface area (Å²) in [4.78, 5) is 12.5. The van der Waals surface area contributed by atoms with Crippen LogP contribution in [0.3, 0.4) is 0 Å². The first-order chi connectivity index (χ1) is 16.0. The maximum atomic E-state index is 12.5. The van der Waals surface area contributed by atoms with Crippen LogP contribution < -0.4 is 0 Å². The highest BCUT2D eigenvalue weighted by atomic mass is 16.6. The van der Waals surface area contributed by atoms with Crippen LogP contribution >= 0.6 is 0 Å². The Morgan fingerprint density at radius 2 is 1.85 bits per heavy atom. The van der Waals surface area contributed by atoms with Gasteiger partial charge in [0.1, 0.15) is 12.2 Å². The minimum atomic E-state index is -0.497. The van der Waals surface area contributed by atoms with Crippen LogP contribution in [-0.2, 0) is 14.3 Å². The molecule has 0 bridgehead atoms. The quantitative estimate of drug-likeness (QED) is 0.487. The molecule has 192 valence electrons. The number of aliphatic hydroxyl groups is 2. The van der Waals surface area contributed by atoms with Gasteiger partial charge in [0, 0.05) is 11.8 Å². The molecule has 0 radical (unpaired) electrons. The first-order valence-corrected chi connectivity index (χ1v) is 13.6. The molecule has 0 spiro atoms. The second kappa shape index (κ2) is 9.37. The fourth-order valence-corrected chi connectivity index (χ4v) is 7.87. The van der Waals surface area contributed by atoms with E-state index in [0.717, 1.165) is 38.5 Å². The van der Waals surface area contributed by atoms with Crippen molar-refractivity contribution in [1.29, 1.82) is 0 Å². The Balaban J connectivity index is 1.46. The van der Waals surface area contributed by atoms with E-state index < -0.39 is 17.8 Å². The molecule has 4 rings (SSSR count). The predicted molar refractivity (Wildman–Crippen MR) is 133 cm³/mol. The zero-order valence-electron chi connectivity index (χ0n) is 22.1. The molecule has 3 fully saturated rings. The highest BCUT2D eigenvalue weighted by Crippen LogP contribution is 2.65. The molecule has 8 atom stereocenters. The monoisotopic (exact) mass is 474 g/mol. The number of carbonyl (C=O) groups excluding carboxylic acids is 1. The fourth-order valence-electron chi connectivity index (χ4n) is 7.87. The summed E-state index contributed by atoms with van der Waals surface area (Å²) in [5.74, 6) is 0.952. The highest BCUT2D eigenvalue weighted by molar-refractivity contribution is 5.71. The lowest BCUT2D eigenvalue weighted by Crippen LogP contribution is -2.52. The molecule has 1 unspecified atom stereocenters. The molecule has 0 amide bonds. The topological polar surface area (TPSA) is 76.0 Å². The van der Waals surface area contributed by atoms with E-state index in [2.05, 4.69) is 32.9 Å². The summed E-state index contributed by atoms with van der Waals surface area (Å²) in [5.41, 5.74) is 2.16. The molecule has 0 aromatic rings. The average Bonchev–Trinajstić information content (AvgIpc) is 3.15. The third-order valence-corrected chi connectivity index (χ3v) is 10.6. The zero-order valence-corrected chi connectivity index (χ0v) is 22.1. The SMILES string of the molecule is CCC(C)(CC)OC(=O)COC(C)[C@H]1CC[C@H]2C3=CC=C4C[C@@H](O)C[C@H](O)[C@]4(C)[C@H]3CC[C@]12C. The van der Waals surface area contributed by atoms with Gasteiger partial charge >= 0.3 is 5.97 Å². The van der Waals surface area contributed by atoms with Crippen LogP contribution in [0.4, 0.5) is 0 Å². The van der Waals surface area contributed by atoms with Gasteiger partial charge in [0.2, 0.25) is 0 Å².